The highest BCUT2D eigenvalue weighted by molar-refractivity contribution is 7.98. The number of rotatable bonds is 5. The summed E-state index contributed by atoms with van der Waals surface area (Å²) < 4.78 is 22.8. The molecule has 1 atom stereocenters. The smallest absolute Gasteiger partial charge is 0.191 e. The standard InChI is InChI=1S/C11H18N4O2S2/c1-12-9-5-10(15-11(14-9)18-2)13-6-8-3-4-19(16,17)7-8/h5,8H,3-4,6-7H2,1-2H3,(H2,12,13,14,15). The normalized spacial score (nSPS) is 21.3. The lowest BCUT2D eigenvalue weighted by molar-refractivity contribution is 0.595. The molecule has 6 nitrogen and oxygen atoms in total. The topological polar surface area (TPSA) is 84.0 Å². The second-order valence-corrected chi connectivity index (χ2v) is 7.53. The Bertz CT molecular complexity index is 525. The molecule has 1 aromatic rings. The van der Waals surface area contributed by atoms with E-state index in [2.05, 4.69) is 20.6 Å². The van der Waals surface area contributed by atoms with Gasteiger partial charge in [0.2, 0.25) is 0 Å². The highest BCUT2D eigenvalue weighted by Crippen LogP contribution is 2.20. The first-order valence-electron chi connectivity index (χ1n) is 6.07. The Morgan fingerprint density at radius 3 is 2.74 bits per heavy atom. The van der Waals surface area contributed by atoms with E-state index in [0.29, 0.717) is 17.5 Å². The molecule has 2 rings (SSSR count). The van der Waals surface area contributed by atoms with Crippen molar-refractivity contribution in [3.8, 4) is 0 Å². The molecule has 0 saturated carbocycles. The number of aromatic nitrogens is 2. The van der Waals surface area contributed by atoms with Crippen LogP contribution in [0.3, 0.4) is 0 Å². The molecule has 19 heavy (non-hydrogen) atoms. The van der Waals surface area contributed by atoms with Crippen LogP contribution in [0.15, 0.2) is 11.2 Å². The molecule has 0 bridgehead atoms. The third-order valence-corrected chi connectivity index (χ3v) is 5.43. The molecule has 1 aliphatic heterocycles. The summed E-state index contributed by atoms with van der Waals surface area (Å²) in [5.41, 5.74) is 0. The second kappa shape index (κ2) is 5.96. The fourth-order valence-corrected chi connectivity index (χ4v) is 4.26. The van der Waals surface area contributed by atoms with Crippen LogP contribution in [0, 0.1) is 5.92 Å². The van der Waals surface area contributed by atoms with E-state index in [0.717, 1.165) is 18.1 Å². The first-order valence-corrected chi connectivity index (χ1v) is 9.12. The maximum absolute atomic E-state index is 11.4. The van der Waals surface area contributed by atoms with Crippen molar-refractivity contribution >= 4 is 33.2 Å². The predicted molar refractivity (Wildman–Crippen MR) is 78.6 cm³/mol. The molecular formula is C11H18N4O2S2. The zero-order valence-corrected chi connectivity index (χ0v) is 12.6. The van der Waals surface area contributed by atoms with Crippen LogP contribution in [-0.4, -0.2) is 49.7 Å². The van der Waals surface area contributed by atoms with Crippen LogP contribution in [0.5, 0.6) is 0 Å². The zero-order chi connectivity index (χ0) is 13.9. The van der Waals surface area contributed by atoms with Crippen LogP contribution in [0.1, 0.15) is 6.42 Å². The number of thioether (sulfide) groups is 1. The minimum Gasteiger partial charge on any atom is -0.373 e. The molecule has 2 N–H and O–H groups in total. The molecule has 1 fully saturated rings. The summed E-state index contributed by atoms with van der Waals surface area (Å²) in [5.74, 6) is 2.24. The zero-order valence-electron chi connectivity index (χ0n) is 11.0. The van der Waals surface area contributed by atoms with Crippen molar-refractivity contribution < 1.29 is 8.42 Å². The number of sulfone groups is 1. The van der Waals surface area contributed by atoms with Crippen LogP contribution < -0.4 is 10.6 Å². The quantitative estimate of drug-likeness (QED) is 0.622. The third-order valence-electron chi connectivity index (χ3n) is 3.04. The predicted octanol–water partition coefficient (Wildman–Crippen LogP) is 1.09. The minimum atomic E-state index is -2.81. The van der Waals surface area contributed by atoms with E-state index in [4.69, 9.17) is 0 Å². The van der Waals surface area contributed by atoms with Crippen LogP contribution in [0.2, 0.25) is 0 Å². The Morgan fingerprint density at radius 2 is 2.16 bits per heavy atom. The molecule has 0 radical (unpaired) electrons. The molecule has 0 aliphatic carbocycles. The fourth-order valence-electron chi connectivity index (χ4n) is 2.02. The van der Waals surface area contributed by atoms with Gasteiger partial charge in [-0.15, -0.1) is 0 Å². The summed E-state index contributed by atoms with van der Waals surface area (Å²) in [4.78, 5) is 8.63. The molecule has 0 amide bonds. The van der Waals surface area contributed by atoms with E-state index in [9.17, 15) is 8.42 Å². The first kappa shape index (κ1) is 14.4. The van der Waals surface area contributed by atoms with Gasteiger partial charge in [-0.1, -0.05) is 11.8 Å². The monoisotopic (exact) mass is 302 g/mol. The van der Waals surface area contributed by atoms with Crippen molar-refractivity contribution in [2.45, 2.75) is 11.6 Å². The Hall–Kier alpha value is -1.02. The van der Waals surface area contributed by atoms with Gasteiger partial charge >= 0.3 is 0 Å². The lowest BCUT2D eigenvalue weighted by Crippen LogP contribution is -2.16. The van der Waals surface area contributed by atoms with Gasteiger partial charge in [0.05, 0.1) is 11.5 Å². The Kier molecular flexibility index (Phi) is 4.51. The number of anilines is 2. The molecule has 1 saturated heterocycles. The Morgan fingerprint density at radius 1 is 1.42 bits per heavy atom. The summed E-state index contributed by atoms with van der Waals surface area (Å²) in [7, 11) is -1.01. The number of hydrogen-bond acceptors (Lipinski definition) is 7. The largest absolute Gasteiger partial charge is 0.373 e. The summed E-state index contributed by atoms with van der Waals surface area (Å²) in [6.07, 6.45) is 2.65. The van der Waals surface area contributed by atoms with Crippen LogP contribution >= 0.6 is 11.8 Å². The van der Waals surface area contributed by atoms with Crippen LogP contribution in [0.25, 0.3) is 0 Å². The maximum atomic E-state index is 11.4. The molecular weight excluding hydrogens is 284 g/mol. The molecule has 0 aromatic carbocycles. The number of nitrogens with zero attached hydrogens (tertiary/aromatic N) is 2. The number of nitrogens with one attached hydrogen (secondary N) is 2. The van der Waals surface area contributed by atoms with Crippen molar-refractivity contribution in [1.29, 1.82) is 0 Å². The SMILES string of the molecule is CNc1cc(NCC2CCS(=O)(=O)C2)nc(SC)n1. The van der Waals surface area contributed by atoms with E-state index < -0.39 is 9.84 Å². The van der Waals surface area contributed by atoms with E-state index in [1.807, 2.05) is 12.3 Å². The lowest BCUT2D eigenvalue weighted by atomic mass is 10.1. The average Bonchev–Trinajstić information content (AvgIpc) is 2.75. The van der Waals surface area contributed by atoms with Gasteiger partial charge in [0.1, 0.15) is 11.6 Å². The van der Waals surface area contributed by atoms with Crippen molar-refractivity contribution in [2.75, 3.05) is 42.0 Å². The van der Waals surface area contributed by atoms with Crippen molar-refractivity contribution in [1.82, 2.24) is 9.97 Å². The highest BCUT2D eigenvalue weighted by atomic mass is 32.2. The summed E-state index contributed by atoms with van der Waals surface area (Å²) in [6, 6.07) is 1.82. The summed E-state index contributed by atoms with van der Waals surface area (Å²) in [6.45, 7) is 0.632. The second-order valence-electron chi connectivity index (χ2n) is 4.53. The van der Waals surface area contributed by atoms with Gasteiger partial charge in [-0.3, -0.25) is 0 Å². The molecule has 2 heterocycles. The van der Waals surface area contributed by atoms with Gasteiger partial charge in [-0.2, -0.15) is 0 Å². The summed E-state index contributed by atoms with van der Waals surface area (Å²) in [5, 5.41) is 6.88. The molecule has 106 valence electrons. The molecule has 1 unspecified atom stereocenters. The van der Waals surface area contributed by atoms with E-state index in [1.54, 1.807) is 7.05 Å². The van der Waals surface area contributed by atoms with Gasteiger partial charge in [0, 0.05) is 19.7 Å². The van der Waals surface area contributed by atoms with Crippen LogP contribution in [-0.2, 0) is 9.84 Å². The number of hydrogen-bond donors (Lipinski definition) is 2. The third kappa shape index (κ3) is 3.97. The summed E-state index contributed by atoms with van der Waals surface area (Å²) >= 11 is 1.47. The van der Waals surface area contributed by atoms with Gasteiger partial charge in [-0.05, 0) is 18.6 Å². The first-order chi connectivity index (χ1) is 9.02. The molecule has 1 aromatic heterocycles. The Labute approximate surface area is 117 Å². The lowest BCUT2D eigenvalue weighted by Gasteiger charge is -2.11. The van der Waals surface area contributed by atoms with E-state index in [1.165, 1.54) is 11.8 Å². The highest BCUT2D eigenvalue weighted by Gasteiger charge is 2.27. The van der Waals surface area contributed by atoms with Gasteiger partial charge < -0.3 is 10.6 Å². The van der Waals surface area contributed by atoms with Crippen molar-refractivity contribution in [2.24, 2.45) is 5.92 Å². The van der Waals surface area contributed by atoms with Crippen molar-refractivity contribution in [3.63, 3.8) is 0 Å². The van der Waals surface area contributed by atoms with Gasteiger partial charge in [0.25, 0.3) is 0 Å². The average molecular weight is 302 g/mol. The Balaban J connectivity index is 1.99. The van der Waals surface area contributed by atoms with Crippen LogP contribution in [0.4, 0.5) is 11.6 Å². The van der Waals surface area contributed by atoms with Crippen molar-refractivity contribution in [3.05, 3.63) is 6.07 Å². The van der Waals surface area contributed by atoms with Gasteiger partial charge in [0.15, 0.2) is 15.0 Å². The van der Waals surface area contributed by atoms with Gasteiger partial charge in [-0.25, -0.2) is 18.4 Å². The molecule has 8 heteroatoms. The fraction of sp³-hybridized carbons (Fsp3) is 0.636. The molecule has 0 spiro atoms. The maximum Gasteiger partial charge on any atom is 0.191 e. The van der Waals surface area contributed by atoms with E-state index >= 15 is 0 Å². The van der Waals surface area contributed by atoms with E-state index in [-0.39, 0.29) is 11.7 Å². The minimum absolute atomic E-state index is 0.177. The molecule has 1 aliphatic rings.